The van der Waals surface area contributed by atoms with Crippen molar-refractivity contribution in [1.82, 2.24) is 4.90 Å². The number of oxime groups is 1. The van der Waals surface area contributed by atoms with Crippen LogP contribution in [0.2, 0.25) is 0 Å². The van der Waals surface area contributed by atoms with Crippen molar-refractivity contribution in [3.63, 3.8) is 0 Å². The van der Waals surface area contributed by atoms with E-state index in [4.69, 9.17) is 10.9 Å². The third kappa shape index (κ3) is 3.70. The second-order valence-corrected chi connectivity index (χ2v) is 5.63. The van der Waals surface area contributed by atoms with E-state index in [0.717, 1.165) is 18.0 Å². The lowest BCUT2D eigenvalue weighted by Gasteiger charge is -2.22. The Morgan fingerprint density at radius 1 is 1.45 bits per heavy atom. The highest BCUT2D eigenvalue weighted by Gasteiger charge is 2.18. The molecule has 0 aromatic heterocycles. The molecule has 0 atom stereocenters. The molecule has 20 heavy (non-hydrogen) atoms. The van der Waals surface area contributed by atoms with Crippen molar-refractivity contribution in [3.05, 3.63) is 35.1 Å². The summed E-state index contributed by atoms with van der Waals surface area (Å²) in [6.07, 6.45) is 5.23. The molecule has 3 N–H and O–H groups in total. The number of nitrogens with zero attached hydrogens (tertiary/aromatic N) is 2. The summed E-state index contributed by atoms with van der Waals surface area (Å²) in [6.45, 7) is 1.70. The van der Waals surface area contributed by atoms with Gasteiger partial charge in [0, 0.05) is 18.7 Å². The van der Waals surface area contributed by atoms with Crippen LogP contribution in [0.4, 0.5) is 4.39 Å². The maximum absolute atomic E-state index is 13.3. The summed E-state index contributed by atoms with van der Waals surface area (Å²) in [5.74, 6) is 0.329. The van der Waals surface area contributed by atoms with E-state index in [2.05, 4.69) is 17.1 Å². The highest BCUT2D eigenvalue weighted by molar-refractivity contribution is 5.98. The molecular formula is C15H22FN3O. The molecule has 0 spiro atoms. The van der Waals surface area contributed by atoms with Crippen LogP contribution in [0.5, 0.6) is 0 Å². The summed E-state index contributed by atoms with van der Waals surface area (Å²) >= 11 is 0. The zero-order chi connectivity index (χ0) is 14.5. The van der Waals surface area contributed by atoms with Crippen LogP contribution in [0.15, 0.2) is 23.4 Å². The molecule has 5 heteroatoms. The van der Waals surface area contributed by atoms with Crippen molar-refractivity contribution >= 4 is 5.84 Å². The number of rotatable bonds is 5. The summed E-state index contributed by atoms with van der Waals surface area (Å²) < 4.78 is 13.3. The van der Waals surface area contributed by atoms with E-state index < -0.39 is 0 Å². The molecule has 0 saturated heterocycles. The van der Waals surface area contributed by atoms with E-state index in [1.54, 1.807) is 6.07 Å². The molecule has 0 aliphatic heterocycles. The number of hydrogen-bond acceptors (Lipinski definition) is 3. The Bertz CT molecular complexity index is 484. The quantitative estimate of drug-likeness (QED) is 0.377. The topological polar surface area (TPSA) is 61.8 Å². The van der Waals surface area contributed by atoms with Crippen molar-refractivity contribution in [2.75, 3.05) is 13.6 Å². The van der Waals surface area contributed by atoms with Gasteiger partial charge in [0.2, 0.25) is 0 Å². The Morgan fingerprint density at radius 3 is 2.80 bits per heavy atom. The van der Waals surface area contributed by atoms with Crippen molar-refractivity contribution in [2.45, 2.75) is 32.2 Å². The molecule has 1 aromatic carbocycles. The van der Waals surface area contributed by atoms with E-state index in [9.17, 15) is 4.39 Å². The molecule has 1 saturated carbocycles. The number of halogens is 1. The number of hydrogen-bond donors (Lipinski definition) is 2. The highest BCUT2D eigenvalue weighted by atomic mass is 19.1. The first-order chi connectivity index (χ1) is 9.60. The van der Waals surface area contributed by atoms with Gasteiger partial charge in [0.1, 0.15) is 5.82 Å². The second kappa shape index (κ2) is 6.70. The maximum Gasteiger partial charge on any atom is 0.170 e. The van der Waals surface area contributed by atoms with Gasteiger partial charge < -0.3 is 15.8 Å². The van der Waals surface area contributed by atoms with Gasteiger partial charge in [-0.3, -0.25) is 0 Å². The Hall–Kier alpha value is -1.62. The molecule has 0 unspecified atom stereocenters. The van der Waals surface area contributed by atoms with Gasteiger partial charge in [0.05, 0.1) is 0 Å². The molecule has 1 fully saturated rings. The first-order valence-corrected chi connectivity index (χ1v) is 7.05. The predicted molar refractivity (Wildman–Crippen MR) is 77.2 cm³/mol. The lowest BCUT2D eigenvalue weighted by molar-refractivity contribution is 0.271. The highest BCUT2D eigenvalue weighted by Crippen LogP contribution is 2.25. The molecule has 110 valence electrons. The number of amidine groups is 1. The lowest BCUT2D eigenvalue weighted by atomic mass is 10.0. The summed E-state index contributed by atoms with van der Waals surface area (Å²) in [4.78, 5) is 2.22. The Labute approximate surface area is 119 Å². The Balaban J connectivity index is 2.07. The van der Waals surface area contributed by atoms with Gasteiger partial charge >= 0.3 is 0 Å². The summed E-state index contributed by atoms with van der Waals surface area (Å²) in [5.41, 5.74) is 6.96. The van der Waals surface area contributed by atoms with Crippen LogP contribution >= 0.6 is 0 Å². The molecule has 1 aromatic rings. The molecule has 2 rings (SSSR count). The van der Waals surface area contributed by atoms with Gasteiger partial charge in [-0.05, 0) is 43.5 Å². The SMILES string of the molecule is CN(Cc1ccc(F)cc1C(N)=NO)CC1CCCC1. The fourth-order valence-electron chi connectivity index (χ4n) is 2.97. The minimum Gasteiger partial charge on any atom is -0.409 e. The molecule has 1 aliphatic carbocycles. The van der Waals surface area contributed by atoms with E-state index >= 15 is 0 Å². The van der Waals surface area contributed by atoms with Gasteiger partial charge in [-0.15, -0.1) is 0 Å². The average molecular weight is 279 g/mol. The standard InChI is InChI=1S/C15H22FN3O/c1-19(9-11-4-2-3-5-11)10-12-6-7-13(16)8-14(12)15(17)18-20/h6-8,11,20H,2-5,9-10H2,1H3,(H2,17,18). The molecule has 0 bridgehead atoms. The van der Waals surface area contributed by atoms with Crippen molar-refractivity contribution < 1.29 is 9.60 Å². The molecule has 0 heterocycles. The van der Waals surface area contributed by atoms with Gasteiger partial charge in [0.15, 0.2) is 5.84 Å². The number of nitrogens with two attached hydrogens (primary N) is 1. The molecule has 0 radical (unpaired) electrons. The van der Waals surface area contributed by atoms with Crippen LogP contribution in [0, 0.1) is 11.7 Å². The maximum atomic E-state index is 13.3. The normalized spacial score (nSPS) is 17.1. The Morgan fingerprint density at radius 2 is 2.15 bits per heavy atom. The molecule has 0 amide bonds. The van der Waals surface area contributed by atoms with Crippen molar-refractivity contribution in [3.8, 4) is 0 Å². The van der Waals surface area contributed by atoms with Crippen molar-refractivity contribution in [2.24, 2.45) is 16.8 Å². The summed E-state index contributed by atoms with van der Waals surface area (Å²) in [6, 6.07) is 4.43. The molecular weight excluding hydrogens is 257 g/mol. The van der Waals surface area contributed by atoms with Gasteiger partial charge in [-0.1, -0.05) is 24.1 Å². The second-order valence-electron chi connectivity index (χ2n) is 5.63. The third-order valence-electron chi connectivity index (χ3n) is 3.94. The Kier molecular flexibility index (Phi) is 4.95. The fourth-order valence-corrected chi connectivity index (χ4v) is 2.97. The number of benzene rings is 1. The van der Waals surface area contributed by atoms with Gasteiger partial charge in [0.25, 0.3) is 0 Å². The zero-order valence-corrected chi connectivity index (χ0v) is 11.8. The zero-order valence-electron chi connectivity index (χ0n) is 11.8. The predicted octanol–water partition coefficient (Wildman–Crippen LogP) is 2.54. The summed E-state index contributed by atoms with van der Waals surface area (Å²) in [5, 5.41) is 11.8. The minimum atomic E-state index is -0.381. The fraction of sp³-hybridized carbons (Fsp3) is 0.533. The van der Waals surface area contributed by atoms with Crippen LogP contribution < -0.4 is 5.73 Å². The first-order valence-electron chi connectivity index (χ1n) is 7.05. The monoisotopic (exact) mass is 279 g/mol. The van der Waals surface area contributed by atoms with Crippen LogP contribution in [-0.2, 0) is 6.54 Å². The molecule has 1 aliphatic rings. The molecule has 4 nitrogen and oxygen atoms in total. The van der Waals surface area contributed by atoms with Gasteiger partial charge in [-0.25, -0.2) is 4.39 Å². The lowest BCUT2D eigenvalue weighted by Crippen LogP contribution is -2.26. The smallest absolute Gasteiger partial charge is 0.170 e. The van der Waals surface area contributed by atoms with Crippen molar-refractivity contribution in [1.29, 1.82) is 0 Å². The van der Waals surface area contributed by atoms with Crippen LogP contribution in [0.25, 0.3) is 0 Å². The summed E-state index contributed by atoms with van der Waals surface area (Å²) in [7, 11) is 2.05. The average Bonchev–Trinajstić information content (AvgIpc) is 2.92. The van der Waals surface area contributed by atoms with E-state index in [1.807, 2.05) is 0 Å². The van der Waals surface area contributed by atoms with Gasteiger partial charge in [-0.2, -0.15) is 0 Å². The first kappa shape index (κ1) is 14.8. The van der Waals surface area contributed by atoms with E-state index in [-0.39, 0.29) is 11.7 Å². The largest absolute Gasteiger partial charge is 0.409 e. The van der Waals surface area contributed by atoms with E-state index in [1.165, 1.54) is 37.8 Å². The van der Waals surface area contributed by atoms with Crippen LogP contribution in [0.3, 0.4) is 0 Å². The van der Waals surface area contributed by atoms with E-state index in [0.29, 0.717) is 12.1 Å². The minimum absolute atomic E-state index is 0.0474. The third-order valence-corrected chi connectivity index (χ3v) is 3.94. The van der Waals surface area contributed by atoms with Crippen LogP contribution in [-0.4, -0.2) is 29.5 Å². The van der Waals surface area contributed by atoms with Crippen LogP contribution in [0.1, 0.15) is 36.8 Å².